The van der Waals surface area contributed by atoms with Crippen molar-refractivity contribution >= 4 is 20.5 Å². The van der Waals surface area contributed by atoms with Crippen LogP contribution in [0.15, 0.2) is 35.4 Å². The molecule has 0 unspecified atom stereocenters. The molecule has 98 valence electrons. The average Bonchev–Trinajstić information content (AvgIpc) is 2.37. The van der Waals surface area contributed by atoms with Gasteiger partial charge in [-0.2, -0.15) is 5.10 Å². The maximum absolute atomic E-state index is 11.6. The van der Waals surface area contributed by atoms with Crippen LogP contribution in [-0.4, -0.2) is 25.1 Å². The van der Waals surface area contributed by atoms with E-state index in [0.29, 0.717) is 12.1 Å². The van der Waals surface area contributed by atoms with Gasteiger partial charge in [-0.05, 0) is 12.5 Å². The van der Waals surface area contributed by atoms with Gasteiger partial charge in [0.2, 0.25) is 0 Å². The third-order valence-electron chi connectivity index (χ3n) is 2.79. The fourth-order valence-corrected chi connectivity index (χ4v) is 2.59. The molecule has 1 rings (SSSR count). The smallest absolute Gasteiger partial charge is 0.178 e. The molecular weight excluding hydrogens is 240 g/mol. The van der Waals surface area contributed by atoms with Crippen LogP contribution < -0.4 is 0 Å². The van der Waals surface area contributed by atoms with Crippen molar-refractivity contribution in [2.45, 2.75) is 39.9 Å². The highest BCUT2D eigenvalue weighted by Crippen LogP contribution is 2.07. The van der Waals surface area contributed by atoms with Gasteiger partial charge in [-0.25, -0.2) is 0 Å². The number of rotatable bonds is 6. The Balaban J connectivity index is 2.81. The van der Waals surface area contributed by atoms with Crippen molar-refractivity contribution < 1.29 is 4.79 Å². The lowest BCUT2D eigenvalue weighted by molar-refractivity contribution is -0.112. The monoisotopic (exact) mass is 262 g/mol. The average molecular weight is 262 g/mol. The van der Waals surface area contributed by atoms with Crippen LogP contribution in [0.3, 0.4) is 0 Å². The lowest BCUT2D eigenvalue weighted by Gasteiger charge is -2.23. The van der Waals surface area contributed by atoms with E-state index < -0.39 is 8.96 Å². The van der Waals surface area contributed by atoms with Crippen molar-refractivity contribution in [3.63, 3.8) is 0 Å². The Bertz CT molecular complexity index is 415. The Morgan fingerprint density at radius 2 is 1.89 bits per heavy atom. The molecule has 0 aliphatic heterocycles. The van der Waals surface area contributed by atoms with Crippen LogP contribution in [-0.2, 0) is 11.3 Å². The van der Waals surface area contributed by atoms with E-state index in [2.05, 4.69) is 35.0 Å². The molecule has 0 aromatic heterocycles. The zero-order valence-corrected chi connectivity index (χ0v) is 12.8. The van der Waals surface area contributed by atoms with Gasteiger partial charge in [0.1, 0.15) is 0 Å². The number of Topliss-reactive ketones (excluding diaryl/α,β-unsaturated/α-hetero) is 1. The van der Waals surface area contributed by atoms with Crippen LogP contribution >= 0.6 is 0 Å². The van der Waals surface area contributed by atoms with Gasteiger partial charge in [0, 0.05) is 6.42 Å². The molecule has 1 aromatic carbocycles. The van der Waals surface area contributed by atoms with E-state index in [1.54, 1.807) is 6.92 Å². The first kappa shape index (κ1) is 14.6. The highest BCUT2D eigenvalue weighted by molar-refractivity contribution is 6.52. The van der Waals surface area contributed by atoms with Crippen LogP contribution in [0.5, 0.6) is 0 Å². The van der Waals surface area contributed by atoms with E-state index in [1.807, 2.05) is 25.1 Å². The topological polar surface area (TPSA) is 32.7 Å². The highest BCUT2D eigenvalue weighted by Gasteiger charge is 2.11. The summed E-state index contributed by atoms with van der Waals surface area (Å²) in [7, 11) is -1.07. The summed E-state index contributed by atoms with van der Waals surface area (Å²) in [4.78, 5) is 11.6. The summed E-state index contributed by atoms with van der Waals surface area (Å²) in [6.45, 7) is 8.90. The second kappa shape index (κ2) is 7.11. The lowest BCUT2D eigenvalue weighted by atomic mass is 10.2. The number of benzene rings is 1. The van der Waals surface area contributed by atoms with E-state index in [0.717, 1.165) is 6.54 Å². The van der Waals surface area contributed by atoms with Gasteiger partial charge < -0.3 is 4.67 Å². The summed E-state index contributed by atoms with van der Waals surface area (Å²) in [6, 6.07) is 10.3. The largest absolute Gasteiger partial charge is 0.323 e. The fraction of sp³-hybridized carbons (Fsp3) is 0.429. The summed E-state index contributed by atoms with van der Waals surface area (Å²) in [5.41, 5.74) is 1.86. The summed E-state index contributed by atoms with van der Waals surface area (Å²) in [6.07, 6.45) is 0.522. The van der Waals surface area contributed by atoms with Gasteiger partial charge in [0.05, 0.1) is 12.3 Å². The lowest BCUT2D eigenvalue weighted by Crippen LogP contribution is -2.31. The number of carbonyl (C=O) groups excluding carboxylic acids is 1. The molecule has 18 heavy (non-hydrogen) atoms. The summed E-state index contributed by atoms with van der Waals surface area (Å²) in [5.74, 6) is 0.128. The maximum Gasteiger partial charge on any atom is 0.178 e. The van der Waals surface area contributed by atoms with Crippen molar-refractivity contribution in [1.82, 2.24) is 4.67 Å². The van der Waals surface area contributed by atoms with Gasteiger partial charge in [-0.15, -0.1) is 0 Å². The summed E-state index contributed by atoms with van der Waals surface area (Å²) < 4.78 is 2.10. The second-order valence-corrected chi connectivity index (χ2v) is 7.42. The minimum absolute atomic E-state index is 0.128. The molecule has 0 amide bonds. The molecule has 4 heteroatoms. The Morgan fingerprint density at radius 1 is 1.28 bits per heavy atom. The Hall–Kier alpha value is -1.42. The molecule has 3 nitrogen and oxygen atoms in total. The molecule has 0 bridgehead atoms. The standard InChI is InChI=1S/C14H22N2OSi/c1-5-14(17)12(2)15-16(18(3)4)11-13-9-7-6-8-10-13/h6-10,18H,5,11H2,1-4H3. The maximum atomic E-state index is 11.6. The van der Waals surface area contributed by atoms with E-state index in [-0.39, 0.29) is 5.78 Å². The van der Waals surface area contributed by atoms with Crippen molar-refractivity contribution in [2.75, 3.05) is 0 Å². The van der Waals surface area contributed by atoms with E-state index in [1.165, 1.54) is 5.56 Å². The molecule has 0 spiro atoms. The summed E-state index contributed by atoms with van der Waals surface area (Å²) >= 11 is 0. The molecule has 0 aliphatic rings. The van der Waals surface area contributed by atoms with Gasteiger partial charge in [0.25, 0.3) is 0 Å². The first-order chi connectivity index (χ1) is 8.54. The Morgan fingerprint density at radius 3 is 2.39 bits per heavy atom. The third-order valence-corrected chi connectivity index (χ3v) is 4.28. The second-order valence-electron chi connectivity index (χ2n) is 4.64. The van der Waals surface area contributed by atoms with Crippen LogP contribution in [0.2, 0.25) is 13.1 Å². The molecule has 0 saturated carbocycles. The molecule has 0 atom stereocenters. The Labute approximate surface area is 111 Å². The van der Waals surface area contributed by atoms with E-state index in [9.17, 15) is 4.79 Å². The molecule has 0 radical (unpaired) electrons. The van der Waals surface area contributed by atoms with Crippen LogP contribution in [0.25, 0.3) is 0 Å². The normalized spacial score (nSPS) is 11.7. The fourth-order valence-electron chi connectivity index (χ4n) is 1.61. The van der Waals surface area contributed by atoms with Crippen LogP contribution in [0.1, 0.15) is 25.8 Å². The van der Waals surface area contributed by atoms with Gasteiger partial charge in [0.15, 0.2) is 14.7 Å². The summed E-state index contributed by atoms with van der Waals surface area (Å²) in [5, 5.41) is 4.50. The number of ketones is 1. The highest BCUT2D eigenvalue weighted by atomic mass is 28.3. The predicted molar refractivity (Wildman–Crippen MR) is 79.3 cm³/mol. The number of hydrazone groups is 1. The molecule has 1 aromatic rings. The molecule has 0 fully saturated rings. The van der Waals surface area contributed by atoms with Crippen molar-refractivity contribution in [2.24, 2.45) is 5.10 Å². The molecule has 0 heterocycles. The molecular formula is C14H22N2OSi. The zero-order chi connectivity index (χ0) is 13.5. The van der Waals surface area contributed by atoms with Gasteiger partial charge in [-0.3, -0.25) is 4.79 Å². The van der Waals surface area contributed by atoms with Crippen molar-refractivity contribution in [1.29, 1.82) is 0 Å². The van der Waals surface area contributed by atoms with E-state index >= 15 is 0 Å². The number of carbonyl (C=O) groups is 1. The quantitative estimate of drug-likeness (QED) is 0.448. The molecule has 0 N–H and O–H groups in total. The number of nitrogens with zero attached hydrogens (tertiary/aromatic N) is 2. The number of hydrogen-bond acceptors (Lipinski definition) is 3. The number of hydrogen-bond donors (Lipinski definition) is 0. The van der Waals surface area contributed by atoms with E-state index in [4.69, 9.17) is 0 Å². The van der Waals surface area contributed by atoms with Gasteiger partial charge >= 0.3 is 0 Å². The van der Waals surface area contributed by atoms with Gasteiger partial charge in [-0.1, -0.05) is 50.3 Å². The Kier molecular flexibility index (Phi) is 5.78. The molecule has 0 aliphatic carbocycles. The first-order valence-electron chi connectivity index (χ1n) is 6.43. The third kappa shape index (κ3) is 4.45. The van der Waals surface area contributed by atoms with Crippen molar-refractivity contribution in [3.05, 3.63) is 35.9 Å². The van der Waals surface area contributed by atoms with Crippen LogP contribution in [0.4, 0.5) is 0 Å². The zero-order valence-electron chi connectivity index (χ0n) is 11.7. The van der Waals surface area contributed by atoms with Crippen molar-refractivity contribution in [3.8, 4) is 0 Å². The molecule has 0 saturated heterocycles. The SMILES string of the molecule is CCC(=O)C(C)=NN(Cc1ccccc1)[SiH](C)C. The first-order valence-corrected chi connectivity index (χ1v) is 9.26. The van der Waals surface area contributed by atoms with Crippen LogP contribution in [0, 0.1) is 0 Å². The minimum Gasteiger partial charge on any atom is -0.323 e. The minimum atomic E-state index is -1.07. The predicted octanol–water partition coefficient (Wildman–Crippen LogP) is 2.83.